The van der Waals surface area contributed by atoms with Gasteiger partial charge in [0.2, 0.25) is 0 Å². The summed E-state index contributed by atoms with van der Waals surface area (Å²) in [6.45, 7) is 23.8. The van der Waals surface area contributed by atoms with E-state index in [1.165, 1.54) is 43.8 Å². The number of nitrogens with zero attached hydrogens (tertiary/aromatic N) is 12. The smallest absolute Gasteiger partial charge is 0.255 e. The molecule has 15 rings (SSSR count). The monoisotopic (exact) mass is 1860 g/mol. The van der Waals surface area contributed by atoms with Gasteiger partial charge in [-0.2, -0.15) is 0 Å². The summed E-state index contributed by atoms with van der Waals surface area (Å²) < 4.78 is 28.6. The zero-order valence-electron chi connectivity index (χ0n) is 79.3. The molecule has 0 saturated carbocycles. The van der Waals surface area contributed by atoms with Gasteiger partial charge in [0.1, 0.15) is 92.3 Å². The number of hydrogen-bond acceptors (Lipinski definition) is 23. The molecule has 5 N–H and O–H groups in total. The molecule has 24 heteroatoms. The number of pyridine rings is 6. The van der Waals surface area contributed by atoms with Crippen LogP contribution in [-0.2, 0) is 58.9 Å². The maximum absolute atomic E-state index is 13.0. The summed E-state index contributed by atoms with van der Waals surface area (Å²) in [5, 5.41) is 52.6. The number of ether oxygens (including phenoxy) is 5. The van der Waals surface area contributed by atoms with Gasteiger partial charge in [-0.3, -0.25) is 59.3 Å². The van der Waals surface area contributed by atoms with Gasteiger partial charge in [0, 0.05) is 158 Å². The molecule has 23 nitrogen and oxygen atoms in total. The van der Waals surface area contributed by atoms with Crippen molar-refractivity contribution in [3.63, 3.8) is 0 Å². The minimum Gasteiger partial charge on any atom is -0.491 e. The normalized spacial score (nSPS) is 12.1. The van der Waals surface area contributed by atoms with Gasteiger partial charge in [-0.1, -0.05) is 186 Å². The van der Waals surface area contributed by atoms with Crippen molar-refractivity contribution in [2.24, 2.45) is 0 Å². The maximum Gasteiger partial charge on any atom is 0.255 e. The summed E-state index contributed by atoms with van der Waals surface area (Å²) in [5.74, 6) is 3.62. The molecule has 137 heavy (non-hydrogen) atoms. The van der Waals surface area contributed by atoms with Crippen LogP contribution in [0.5, 0.6) is 28.7 Å². The van der Waals surface area contributed by atoms with Crippen molar-refractivity contribution < 1.29 is 54.0 Å². The van der Waals surface area contributed by atoms with Gasteiger partial charge in [0.15, 0.2) is 0 Å². The number of carbonyl (C=O) groups excluding carboxylic acids is 1. The minimum atomic E-state index is -0.819. The van der Waals surface area contributed by atoms with E-state index in [0.717, 1.165) is 107 Å². The quantitative estimate of drug-likeness (QED) is 0.0237. The summed E-state index contributed by atoms with van der Waals surface area (Å²) in [6.07, 6.45) is 16.3. The lowest BCUT2D eigenvalue weighted by Gasteiger charge is -2.26. The Morgan fingerprint density at radius 1 is 0.285 bits per heavy atom. The molecule has 5 unspecified atom stereocenters. The number of aryl methyl sites for hydroxylation is 7. The molecule has 0 radical (unpaired) electrons. The average Bonchev–Trinajstić information content (AvgIpc) is 1.03. The molecule has 712 valence electrons. The molecule has 7 aromatic heterocycles. The predicted molar refractivity (Wildman–Crippen MR) is 541 cm³/mol. The molecule has 0 fully saturated rings. The Morgan fingerprint density at radius 3 is 0.978 bits per heavy atom. The summed E-state index contributed by atoms with van der Waals surface area (Å²) >= 11 is 1.64. The number of hydrogen-bond donors (Lipinski definition) is 5. The SMILES string of the molecule is Cc1ccc(OCC(O)CN(Cc2ccccc2)Cc2cccnc2)cc1.Cc1ccc(OCC(O)CN(Cc2ccccc2C)C(=O)c2cccnc2)cc1.Cc1ccc(OCC(O)CN(Cc2ccccn2)Cc2ccccn2)cc1.Cc1ccc(OCC(O)CN(Cc2ccncc2)Cc2ccncc2)cc1.Cc1ccc(OCC(O)CN(Cc2cncs2)Cc2ccccc2C)cc1. The van der Waals surface area contributed by atoms with Crippen molar-refractivity contribution in [3.8, 4) is 28.7 Å². The molecule has 5 atom stereocenters. The van der Waals surface area contributed by atoms with Gasteiger partial charge < -0.3 is 54.1 Å². The van der Waals surface area contributed by atoms with Crippen molar-refractivity contribution in [1.82, 2.24) is 59.4 Å². The molecule has 0 saturated heterocycles. The van der Waals surface area contributed by atoms with Crippen LogP contribution in [0.25, 0.3) is 0 Å². The second-order valence-corrected chi connectivity index (χ2v) is 35.0. The standard InChI is InChI=1S/C24H26N2O3.C23H26N2O2.2C22H25N3O2.C22H26N2O2S/c1-18-9-11-23(12-10-18)29-17-22(27)16-26(15-21-7-4-3-6-19(21)2)24(28)20-8-5-13-25-14-20;1-19-9-11-23(12-10-19)27-18-22(26)17-25(15-20-6-3-2-4-7-20)16-21-8-5-13-24-14-21;1-18-2-4-22(5-3-18)27-17-21(26)16-25(14-19-6-10-23-11-7-19)15-20-8-12-24-13-9-20;1-18-8-10-22(11-9-18)27-17-21(26)16-25(14-19-6-2-4-12-23-19)15-20-7-3-5-13-24-20;1-17-7-9-21(10-8-17)26-15-20(25)13-24(14-22-11-23-16-27-22)12-19-6-4-3-5-18(19)2/h3-14,22,27H,15-17H2,1-2H3;2-14,22,26H,15-18H2,1H3;2*2-13,21,26H,14-17H2,1H3;3-11,16,20,25H,12-15H2,1-2H3. The topological polar surface area (TPSA) is 271 Å². The molecule has 8 aromatic carbocycles. The van der Waals surface area contributed by atoms with Gasteiger partial charge in [-0.15, -0.1) is 11.3 Å². The van der Waals surface area contributed by atoms with E-state index in [1.807, 2.05) is 290 Å². The Morgan fingerprint density at radius 2 is 0.620 bits per heavy atom. The lowest BCUT2D eigenvalue weighted by atomic mass is 10.1. The fraction of sp³-hybridized carbons (Fsp3) is 0.274. The number of aliphatic hydroxyl groups is 5. The molecular formula is C113H128N12O11S. The van der Waals surface area contributed by atoms with Crippen LogP contribution in [0, 0.1) is 48.5 Å². The molecule has 0 aliphatic rings. The first-order valence-electron chi connectivity index (χ1n) is 46.1. The van der Waals surface area contributed by atoms with Crippen molar-refractivity contribution in [3.05, 3.63) is 453 Å². The van der Waals surface area contributed by atoms with Gasteiger partial charge in [-0.25, -0.2) is 0 Å². The van der Waals surface area contributed by atoms with Crippen LogP contribution in [0.15, 0.2) is 359 Å². The van der Waals surface area contributed by atoms with Crippen LogP contribution >= 0.6 is 11.3 Å². The number of amides is 1. The van der Waals surface area contributed by atoms with Gasteiger partial charge in [-0.05, 0) is 220 Å². The number of benzene rings is 8. The summed E-state index contributed by atoms with van der Waals surface area (Å²) in [5.41, 5.74) is 19.5. The first kappa shape index (κ1) is 104. The number of thiazole rings is 1. The zero-order chi connectivity index (χ0) is 96.4. The van der Waals surface area contributed by atoms with Gasteiger partial charge >= 0.3 is 0 Å². The third-order valence-electron chi connectivity index (χ3n) is 21.9. The summed E-state index contributed by atoms with van der Waals surface area (Å²) in [6, 6.07) is 92.8. The summed E-state index contributed by atoms with van der Waals surface area (Å²) in [7, 11) is 0. The first-order chi connectivity index (χ1) is 66.7. The van der Waals surface area contributed by atoms with Crippen molar-refractivity contribution >= 4 is 17.2 Å². The van der Waals surface area contributed by atoms with E-state index >= 15 is 0 Å². The first-order valence-corrected chi connectivity index (χ1v) is 47.0. The molecule has 0 bridgehead atoms. The van der Waals surface area contributed by atoms with E-state index in [2.05, 4.69) is 104 Å². The van der Waals surface area contributed by atoms with E-state index in [-0.39, 0.29) is 45.5 Å². The average molecular weight is 1860 g/mol. The fourth-order valence-electron chi connectivity index (χ4n) is 14.6. The third-order valence-corrected chi connectivity index (χ3v) is 22.6. The Bertz CT molecular complexity index is 5340. The third kappa shape index (κ3) is 40.1. The van der Waals surface area contributed by atoms with E-state index in [1.54, 1.807) is 84.1 Å². The highest BCUT2D eigenvalue weighted by atomic mass is 32.1. The van der Waals surface area contributed by atoms with Crippen LogP contribution in [0.3, 0.4) is 0 Å². The Hall–Kier alpha value is -13.6. The molecular weight excluding hydrogens is 1730 g/mol. The van der Waals surface area contributed by atoms with Crippen LogP contribution in [-0.4, -0.2) is 187 Å². The Balaban J connectivity index is 0.000000164. The predicted octanol–water partition coefficient (Wildman–Crippen LogP) is 18.3. The lowest BCUT2D eigenvalue weighted by Crippen LogP contribution is -2.39. The number of rotatable bonds is 44. The molecule has 0 aliphatic heterocycles. The van der Waals surface area contributed by atoms with Crippen molar-refractivity contribution in [1.29, 1.82) is 0 Å². The van der Waals surface area contributed by atoms with Crippen molar-refractivity contribution in [2.45, 2.75) is 138 Å². The van der Waals surface area contributed by atoms with Gasteiger partial charge in [0.05, 0.1) is 29.0 Å². The fourth-order valence-corrected chi connectivity index (χ4v) is 15.2. The second-order valence-electron chi connectivity index (χ2n) is 34.0. The summed E-state index contributed by atoms with van der Waals surface area (Å²) in [4.78, 5) is 54.0. The van der Waals surface area contributed by atoms with E-state index in [4.69, 9.17) is 23.7 Å². The highest BCUT2D eigenvalue weighted by molar-refractivity contribution is 7.09. The van der Waals surface area contributed by atoms with Crippen molar-refractivity contribution in [2.75, 3.05) is 65.8 Å². The minimum absolute atomic E-state index is 0.105. The zero-order valence-corrected chi connectivity index (χ0v) is 80.2. The van der Waals surface area contributed by atoms with E-state index in [9.17, 15) is 30.3 Å². The molecule has 15 aromatic rings. The molecule has 7 heterocycles. The van der Waals surface area contributed by atoms with E-state index < -0.39 is 30.5 Å². The second kappa shape index (κ2) is 58.0. The largest absolute Gasteiger partial charge is 0.491 e. The van der Waals surface area contributed by atoms with Crippen LogP contribution in [0.4, 0.5) is 0 Å². The number of carbonyl (C=O) groups is 1. The van der Waals surface area contributed by atoms with Gasteiger partial charge in [0.25, 0.3) is 5.91 Å². The Labute approximate surface area is 811 Å². The molecule has 1 amide bonds. The van der Waals surface area contributed by atoms with Crippen LogP contribution < -0.4 is 23.7 Å². The van der Waals surface area contributed by atoms with Crippen LogP contribution in [0.1, 0.15) is 98.9 Å². The lowest BCUT2D eigenvalue weighted by molar-refractivity contribution is 0.0481. The molecule has 0 aliphatic carbocycles. The van der Waals surface area contributed by atoms with E-state index in [0.29, 0.717) is 57.1 Å². The number of aromatic nitrogens is 7. The van der Waals surface area contributed by atoms with Crippen LogP contribution in [0.2, 0.25) is 0 Å². The highest BCUT2D eigenvalue weighted by Crippen LogP contribution is 2.24. The highest BCUT2D eigenvalue weighted by Gasteiger charge is 2.24. The Kier molecular flexibility index (Phi) is 44.0. The number of aliphatic hydroxyl groups excluding tert-OH is 5. The maximum atomic E-state index is 13.0. The molecule has 0 spiro atoms.